The highest BCUT2D eigenvalue weighted by Gasteiger charge is 2.12. The maximum absolute atomic E-state index is 8.98. The van der Waals surface area contributed by atoms with Crippen LogP contribution in [0, 0.1) is 0 Å². The van der Waals surface area contributed by atoms with Crippen LogP contribution in [0.4, 0.5) is 0 Å². The summed E-state index contributed by atoms with van der Waals surface area (Å²) >= 11 is 0. The first kappa shape index (κ1) is 14.5. The molecule has 1 heterocycles. The lowest BCUT2D eigenvalue weighted by Gasteiger charge is -2.32. The second-order valence-corrected chi connectivity index (χ2v) is 5.30. The number of hydrogen-bond acceptors (Lipinski definition) is 4. The van der Waals surface area contributed by atoms with Crippen molar-refractivity contribution >= 4 is 0 Å². The largest absolute Gasteiger partial charge is 0.392 e. The molecular weight excluding hydrogens is 238 g/mol. The SMILES string of the molecule is CN1CCN(CCNCc2ccc(CO)cc2)CC1. The van der Waals surface area contributed by atoms with Gasteiger partial charge in [-0.25, -0.2) is 0 Å². The van der Waals surface area contributed by atoms with Crippen molar-refractivity contribution in [2.24, 2.45) is 0 Å². The molecule has 106 valence electrons. The number of nitrogens with zero attached hydrogens (tertiary/aromatic N) is 2. The van der Waals surface area contributed by atoms with Crippen LogP contribution in [0.2, 0.25) is 0 Å². The Labute approximate surface area is 116 Å². The molecule has 0 radical (unpaired) electrons. The van der Waals surface area contributed by atoms with Crippen molar-refractivity contribution in [1.82, 2.24) is 15.1 Å². The van der Waals surface area contributed by atoms with E-state index < -0.39 is 0 Å². The van der Waals surface area contributed by atoms with Gasteiger partial charge in [-0.3, -0.25) is 4.90 Å². The molecule has 0 atom stereocenters. The minimum Gasteiger partial charge on any atom is -0.392 e. The molecule has 0 unspecified atom stereocenters. The monoisotopic (exact) mass is 263 g/mol. The molecular formula is C15H25N3O. The van der Waals surface area contributed by atoms with Crippen LogP contribution in [0.3, 0.4) is 0 Å². The van der Waals surface area contributed by atoms with E-state index in [9.17, 15) is 0 Å². The minimum atomic E-state index is 0.122. The molecule has 2 N–H and O–H groups in total. The molecule has 2 rings (SSSR count). The predicted octanol–water partition coefficient (Wildman–Crippen LogP) is 0.516. The third-order valence-electron chi connectivity index (χ3n) is 3.74. The summed E-state index contributed by atoms with van der Waals surface area (Å²) in [5.41, 5.74) is 2.25. The molecule has 19 heavy (non-hydrogen) atoms. The Morgan fingerprint density at radius 3 is 2.32 bits per heavy atom. The molecule has 0 aliphatic carbocycles. The zero-order valence-electron chi connectivity index (χ0n) is 11.8. The van der Waals surface area contributed by atoms with Gasteiger partial charge in [-0.05, 0) is 18.2 Å². The first-order valence-electron chi connectivity index (χ1n) is 7.08. The van der Waals surface area contributed by atoms with E-state index in [0.29, 0.717) is 0 Å². The highest BCUT2D eigenvalue weighted by Crippen LogP contribution is 2.04. The average molecular weight is 263 g/mol. The molecule has 1 aliphatic rings. The molecule has 0 spiro atoms. The summed E-state index contributed by atoms with van der Waals surface area (Å²) in [6.07, 6.45) is 0. The third-order valence-corrected chi connectivity index (χ3v) is 3.74. The molecule has 1 aliphatic heterocycles. The summed E-state index contributed by atoms with van der Waals surface area (Å²) in [4.78, 5) is 4.90. The molecule has 4 nitrogen and oxygen atoms in total. The Morgan fingerprint density at radius 2 is 1.68 bits per heavy atom. The topological polar surface area (TPSA) is 38.7 Å². The molecule has 0 saturated carbocycles. The van der Waals surface area contributed by atoms with Crippen molar-refractivity contribution in [1.29, 1.82) is 0 Å². The van der Waals surface area contributed by atoms with E-state index in [1.54, 1.807) is 0 Å². The summed E-state index contributed by atoms with van der Waals surface area (Å²) in [7, 11) is 2.19. The molecule has 1 aromatic carbocycles. The van der Waals surface area contributed by atoms with Crippen molar-refractivity contribution in [2.75, 3.05) is 46.3 Å². The van der Waals surface area contributed by atoms with Crippen LogP contribution in [0.5, 0.6) is 0 Å². The molecule has 1 fully saturated rings. The van der Waals surface area contributed by atoms with Gasteiger partial charge in [0, 0.05) is 45.8 Å². The standard InChI is InChI=1S/C15H25N3O/c1-17-8-10-18(11-9-17)7-6-16-12-14-2-4-15(13-19)5-3-14/h2-5,16,19H,6-13H2,1H3. The van der Waals surface area contributed by atoms with E-state index in [0.717, 1.165) is 25.2 Å². The van der Waals surface area contributed by atoms with E-state index in [4.69, 9.17) is 5.11 Å². The Kier molecular flexibility index (Phi) is 5.79. The van der Waals surface area contributed by atoms with Crippen LogP contribution in [0.25, 0.3) is 0 Å². The summed E-state index contributed by atoms with van der Waals surface area (Å²) in [5, 5.41) is 12.5. The van der Waals surface area contributed by atoms with Gasteiger partial charge in [0.2, 0.25) is 0 Å². The van der Waals surface area contributed by atoms with Crippen LogP contribution < -0.4 is 5.32 Å². The Hall–Kier alpha value is -0.940. The maximum Gasteiger partial charge on any atom is 0.0681 e. The van der Waals surface area contributed by atoms with Gasteiger partial charge in [0.15, 0.2) is 0 Å². The highest BCUT2D eigenvalue weighted by molar-refractivity contribution is 5.21. The van der Waals surface area contributed by atoms with E-state index in [1.807, 2.05) is 12.1 Å². The van der Waals surface area contributed by atoms with E-state index in [-0.39, 0.29) is 6.61 Å². The minimum absolute atomic E-state index is 0.122. The molecule has 4 heteroatoms. The van der Waals surface area contributed by atoms with Crippen LogP contribution >= 0.6 is 0 Å². The number of nitrogens with one attached hydrogen (secondary N) is 1. The van der Waals surface area contributed by atoms with Gasteiger partial charge in [0.05, 0.1) is 6.61 Å². The maximum atomic E-state index is 8.98. The van der Waals surface area contributed by atoms with Gasteiger partial charge in [-0.15, -0.1) is 0 Å². The normalized spacial score (nSPS) is 17.8. The zero-order chi connectivity index (χ0) is 13.5. The fraction of sp³-hybridized carbons (Fsp3) is 0.600. The van der Waals surface area contributed by atoms with Crippen molar-refractivity contribution < 1.29 is 5.11 Å². The van der Waals surface area contributed by atoms with Gasteiger partial charge in [0.25, 0.3) is 0 Å². The molecule has 0 aromatic heterocycles. The molecule has 1 saturated heterocycles. The Morgan fingerprint density at radius 1 is 1.05 bits per heavy atom. The van der Waals surface area contributed by atoms with Crippen LogP contribution in [-0.2, 0) is 13.2 Å². The number of benzene rings is 1. The van der Waals surface area contributed by atoms with E-state index >= 15 is 0 Å². The average Bonchev–Trinajstić information content (AvgIpc) is 2.46. The second-order valence-electron chi connectivity index (χ2n) is 5.30. The molecule has 0 amide bonds. The first-order valence-corrected chi connectivity index (χ1v) is 7.08. The fourth-order valence-electron chi connectivity index (χ4n) is 2.30. The summed E-state index contributed by atoms with van der Waals surface area (Å²) in [6.45, 7) is 7.92. The number of aliphatic hydroxyl groups excluding tert-OH is 1. The number of hydrogen-bond donors (Lipinski definition) is 2. The first-order chi connectivity index (χ1) is 9.28. The summed E-state index contributed by atoms with van der Waals surface area (Å²) < 4.78 is 0. The van der Waals surface area contributed by atoms with E-state index in [2.05, 4.69) is 34.3 Å². The van der Waals surface area contributed by atoms with Crippen LogP contribution in [0.1, 0.15) is 11.1 Å². The number of aliphatic hydroxyl groups is 1. The quantitative estimate of drug-likeness (QED) is 0.734. The zero-order valence-corrected chi connectivity index (χ0v) is 11.8. The number of rotatable bonds is 6. The smallest absolute Gasteiger partial charge is 0.0681 e. The van der Waals surface area contributed by atoms with Crippen molar-refractivity contribution in [3.8, 4) is 0 Å². The van der Waals surface area contributed by atoms with Gasteiger partial charge in [-0.2, -0.15) is 0 Å². The van der Waals surface area contributed by atoms with Crippen molar-refractivity contribution in [3.05, 3.63) is 35.4 Å². The second kappa shape index (κ2) is 7.60. The van der Waals surface area contributed by atoms with Crippen LogP contribution in [0.15, 0.2) is 24.3 Å². The number of likely N-dealkylation sites (N-methyl/N-ethyl adjacent to an activating group) is 1. The van der Waals surface area contributed by atoms with E-state index in [1.165, 1.54) is 31.7 Å². The molecule has 1 aromatic rings. The lowest BCUT2D eigenvalue weighted by Crippen LogP contribution is -2.46. The van der Waals surface area contributed by atoms with Gasteiger partial charge in [0.1, 0.15) is 0 Å². The lowest BCUT2D eigenvalue weighted by molar-refractivity contribution is 0.154. The Bertz CT molecular complexity index is 358. The predicted molar refractivity (Wildman–Crippen MR) is 78.0 cm³/mol. The summed E-state index contributed by atoms with van der Waals surface area (Å²) in [5.74, 6) is 0. The van der Waals surface area contributed by atoms with Gasteiger partial charge < -0.3 is 15.3 Å². The van der Waals surface area contributed by atoms with Crippen molar-refractivity contribution in [2.45, 2.75) is 13.2 Å². The number of piperazine rings is 1. The van der Waals surface area contributed by atoms with Gasteiger partial charge >= 0.3 is 0 Å². The van der Waals surface area contributed by atoms with Crippen molar-refractivity contribution in [3.63, 3.8) is 0 Å². The third kappa shape index (κ3) is 4.91. The Balaban J connectivity index is 1.61. The molecule has 0 bridgehead atoms. The lowest BCUT2D eigenvalue weighted by atomic mass is 10.1. The van der Waals surface area contributed by atoms with Gasteiger partial charge in [-0.1, -0.05) is 24.3 Å². The highest BCUT2D eigenvalue weighted by atomic mass is 16.3. The summed E-state index contributed by atoms with van der Waals surface area (Å²) in [6, 6.07) is 8.12. The fourth-order valence-corrected chi connectivity index (χ4v) is 2.30. The van der Waals surface area contributed by atoms with Crippen LogP contribution in [-0.4, -0.2) is 61.2 Å².